The van der Waals surface area contributed by atoms with Crippen LogP contribution < -0.4 is 5.32 Å². The quantitative estimate of drug-likeness (QED) is 0.882. The first kappa shape index (κ1) is 18.0. The molecule has 0 bridgehead atoms. The number of nitrogens with one attached hydrogen (secondary N) is 1. The molecule has 1 aliphatic rings. The summed E-state index contributed by atoms with van der Waals surface area (Å²) >= 11 is 0. The number of amides is 2. The van der Waals surface area contributed by atoms with Crippen LogP contribution in [-0.2, 0) is 11.3 Å². The van der Waals surface area contributed by atoms with Gasteiger partial charge in [-0.1, -0.05) is 30.3 Å². The first-order chi connectivity index (χ1) is 12.6. The lowest BCUT2D eigenvalue weighted by molar-refractivity contribution is -0.128. The van der Waals surface area contributed by atoms with Crippen molar-refractivity contribution in [3.05, 3.63) is 59.7 Å². The predicted octanol–water partition coefficient (Wildman–Crippen LogP) is 0.858. The van der Waals surface area contributed by atoms with E-state index < -0.39 is 0 Å². The monoisotopic (exact) mass is 353 g/mol. The molecule has 0 radical (unpaired) electrons. The lowest BCUT2D eigenvalue weighted by atomic mass is 10.1. The molecule has 1 atom stereocenters. The van der Waals surface area contributed by atoms with Crippen molar-refractivity contribution < 1.29 is 9.59 Å². The molecular formula is C19H23N5O2. The maximum atomic E-state index is 12.8. The SMILES string of the molecule is CNC(=O)C1CN(C(=O)c2cncnc2C)CCN1Cc1ccccc1. The standard InChI is InChI=1S/C19H23N5O2/c1-14-16(10-21-13-22-14)19(26)24-9-8-23(17(12-24)18(25)20-2)11-15-6-4-3-5-7-15/h3-7,10,13,17H,8-9,11-12H2,1-2H3,(H,20,25). The minimum absolute atomic E-state index is 0.0838. The first-order valence-electron chi connectivity index (χ1n) is 8.65. The van der Waals surface area contributed by atoms with Gasteiger partial charge in [-0.3, -0.25) is 14.5 Å². The molecule has 1 saturated heterocycles. The molecule has 3 rings (SSSR count). The molecular weight excluding hydrogens is 330 g/mol. The van der Waals surface area contributed by atoms with E-state index in [0.717, 1.165) is 5.56 Å². The molecule has 1 unspecified atom stereocenters. The first-order valence-corrected chi connectivity index (χ1v) is 8.65. The van der Waals surface area contributed by atoms with Crippen molar-refractivity contribution in [2.45, 2.75) is 19.5 Å². The number of hydrogen-bond donors (Lipinski definition) is 1. The highest BCUT2D eigenvalue weighted by Crippen LogP contribution is 2.17. The van der Waals surface area contributed by atoms with Gasteiger partial charge in [0.05, 0.1) is 11.3 Å². The normalized spacial score (nSPS) is 17.8. The molecule has 1 aliphatic heterocycles. The van der Waals surface area contributed by atoms with E-state index in [1.54, 1.807) is 18.9 Å². The summed E-state index contributed by atoms with van der Waals surface area (Å²) in [4.78, 5) is 37.1. The molecule has 7 nitrogen and oxygen atoms in total. The van der Waals surface area contributed by atoms with Crippen LogP contribution in [0.25, 0.3) is 0 Å². The molecule has 2 amide bonds. The van der Waals surface area contributed by atoms with Gasteiger partial charge < -0.3 is 10.2 Å². The van der Waals surface area contributed by atoms with Crippen LogP contribution in [0, 0.1) is 6.92 Å². The summed E-state index contributed by atoms with van der Waals surface area (Å²) in [5.41, 5.74) is 2.28. The molecule has 7 heteroatoms. The van der Waals surface area contributed by atoms with Crippen molar-refractivity contribution >= 4 is 11.8 Å². The van der Waals surface area contributed by atoms with Crippen LogP contribution >= 0.6 is 0 Å². The van der Waals surface area contributed by atoms with E-state index in [2.05, 4.69) is 20.2 Å². The summed E-state index contributed by atoms with van der Waals surface area (Å²) in [7, 11) is 1.62. The molecule has 1 aromatic heterocycles. The number of likely N-dealkylation sites (N-methyl/N-ethyl adjacent to an activating group) is 1. The van der Waals surface area contributed by atoms with E-state index in [1.807, 2.05) is 30.3 Å². The van der Waals surface area contributed by atoms with Crippen LogP contribution in [0.4, 0.5) is 0 Å². The molecule has 0 spiro atoms. The Kier molecular flexibility index (Phi) is 5.58. The van der Waals surface area contributed by atoms with Crippen LogP contribution in [-0.4, -0.2) is 64.3 Å². The Labute approximate surface area is 153 Å². The Morgan fingerprint density at radius 2 is 2.00 bits per heavy atom. The maximum Gasteiger partial charge on any atom is 0.257 e. The number of aromatic nitrogens is 2. The predicted molar refractivity (Wildman–Crippen MR) is 97.4 cm³/mol. The van der Waals surface area contributed by atoms with Crippen LogP contribution in [0.5, 0.6) is 0 Å². The summed E-state index contributed by atoms with van der Waals surface area (Å²) in [6.45, 7) is 4.00. The number of piperazine rings is 1. The van der Waals surface area contributed by atoms with Gasteiger partial charge in [-0.05, 0) is 12.5 Å². The molecule has 0 aliphatic carbocycles. The van der Waals surface area contributed by atoms with Crippen molar-refractivity contribution in [2.24, 2.45) is 0 Å². The largest absolute Gasteiger partial charge is 0.358 e. The fourth-order valence-corrected chi connectivity index (χ4v) is 3.20. The van der Waals surface area contributed by atoms with E-state index >= 15 is 0 Å². The highest BCUT2D eigenvalue weighted by Gasteiger charge is 2.34. The summed E-state index contributed by atoms with van der Waals surface area (Å²) in [5, 5.41) is 2.72. The fraction of sp³-hybridized carbons (Fsp3) is 0.368. The zero-order chi connectivity index (χ0) is 18.5. The topological polar surface area (TPSA) is 78.4 Å². The molecule has 1 N–H and O–H groups in total. The minimum atomic E-state index is -0.386. The second kappa shape index (κ2) is 8.05. The Hall–Kier alpha value is -2.80. The van der Waals surface area contributed by atoms with Crippen LogP contribution in [0.2, 0.25) is 0 Å². The van der Waals surface area contributed by atoms with Gasteiger partial charge in [0.15, 0.2) is 0 Å². The van der Waals surface area contributed by atoms with Gasteiger partial charge in [0.2, 0.25) is 5.91 Å². The van der Waals surface area contributed by atoms with E-state index in [9.17, 15) is 9.59 Å². The number of benzene rings is 1. The second-order valence-corrected chi connectivity index (χ2v) is 6.36. The fourth-order valence-electron chi connectivity index (χ4n) is 3.20. The number of nitrogens with zero attached hydrogens (tertiary/aromatic N) is 4. The molecule has 136 valence electrons. The third-order valence-corrected chi connectivity index (χ3v) is 4.70. The van der Waals surface area contributed by atoms with Crippen molar-refractivity contribution in [2.75, 3.05) is 26.7 Å². The summed E-state index contributed by atoms with van der Waals surface area (Å²) in [6, 6.07) is 9.65. The van der Waals surface area contributed by atoms with Gasteiger partial charge in [0.25, 0.3) is 5.91 Å². The molecule has 0 saturated carbocycles. The highest BCUT2D eigenvalue weighted by molar-refractivity contribution is 5.95. The molecule has 1 aromatic carbocycles. The van der Waals surface area contributed by atoms with Gasteiger partial charge in [0, 0.05) is 39.4 Å². The van der Waals surface area contributed by atoms with E-state index in [-0.39, 0.29) is 17.9 Å². The Balaban J connectivity index is 1.76. The van der Waals surface area contributed by atoms with Crippen molar-refractivity contribution in [1.82, 2.24) is 25.1 Å². The summed E-state index contributed by atoms with van der Waals surface area (Å²) in [5.74, 6) is -0.212. The third-order valence-electron chi connectivity index (χ3n) is 4.70. The number of hydrogen-bond acceptors (Lipinski definition) is 5. The molecule has 2 heterocycles. The summed E-state index contributed by atoms with van der Waals surface area (Å²) in [6.07, 6.45) is 2.97. The maximum absolute atomic E-state index is 12.8. The smallest absolute Gasteiger partial charge is 0.257 e. The molecule has 26 heavy (non-hydrogen) atoms. The van der Waals surface area contributed by atoms with Crippen molar-refractivity contribution in [3.8, 4) is 0 Å². The second-order valence-electron chi connectivity index (χ2n) is 6.36. The zero-order valence-corrected chi connectivity index (χ0v) is 15.1. The number of carbonyl (C=O) groups is 2. The average molecular weight is 353 g/mol. The Morgan fingerprint density at radius 1 is 1.23 bits per heavy atom. The van der Waals surface area contributed by atoms with Gasteiger partial charge in [-0.2, -0.15) is 0 Å². The lowest BCUT2D eigenvalue weighted by Crippen LogP contribution is -2.59. The van der Waals surface area contributed by atoms with Gasteiger partial charge in [-0.15, -0.1) is 0 Å². The minimum Gasteiger partial charge on any atom is -0.358 e. The zero-order valence-electron chi connectivity index (χ0n) is 15.1. The average Bonchev–Trinajstić information content (AvgIpc) is 2.68. The van der Waals surface area contributed by atoms with E-state index in [4.69, 9.17) is 0 Å². The molecule has 1 fully saturated rings. The van der Waals surface area contributed by atoms with Gasteiger partial charge >= 0.3 is 0 Å². The lowest BCUT2D eigenvalue weighted by Gasteiger charge is -2.40. The number of aryl methyl sites for hydroxylation is 1. The van der Waals surface area contributed by atoms with Crippen LogP contribution in [0.1, 0.15) is 21.6 Å². The van der Waals surface area contributed by atoms with Crippen molar-refractivity contribution in [1.29, 1.82) is 0 Å². The Morgan fingerprint density at radius 3 is 2.69 bits per heavy atom. The number of rotatable bonds is 4. The number of carbonyl (C=O) groups excluding carboxylic acids is 2. The van der Waals surface area contributed by atoms with Gasteiger partial charge in [0.1, 0.15) is 12.4 Å². The third kappa shape index (κ3) is 3.88. The van der Waals surface area contributed by atoms with E-state index in [1.165, 1.54) is 12.5 Å². The van der Waals surface area contributed by atoms with Gasteiger partial charge in [-0.25, -0.2) is 9.97 Å². The highest BCUT2D eigenvalue weighted by atomic mass is 16.2. The Bertz CT molecular complexity index is 781. The van der Waals surface area contributed by atoms with Crippen molar-refractivity contribution in [3.63, 3.8) is 0 Å². The van der Waals surface area contributed by atoms with Crippen LogP contribution in [0.15, 0.2) is 42.9 Å². The summed E-state index contributed by atoms with van der Waals surface area (Å²) < 4.78 is 0. The molecule has 2 aromatic rings. The van der Waals surface area contributed by atoms with Crippen LogP contribution in [0.3, 0.4) is 0 Å². The van der Waals surface area contributed by atoms with E-state index in [0.29, 0.717) is 37.4 Å².